The Labute approximate surface area is 77.7 Å². The number of hydrogen-bond acceptors (Lipinski definition) is 3. The Kier molecular flexibility index (Phi) is 1.74. The zero-order chi connectivity index (χ0) is 9.53. The van der Waals surface area contributed by atoms with Crippen LogP contribution in [-0.2, 0) is 14.3 Å². The van der Waals surface area contributed by atoms with E-state index in [2.05, 4.69) is 6.58 Å². The Balaban J connectivity index is 2.01. The van der Waals surface area contributed by atoms with Gasteiger partial charge >= 0.3 is 5.97 Å². The first-order valence-electron chi connectivity index (χ1n) is 4.52. The van der Waals surface area contributed by atoms with Crippen LogP contribution < -0.4 is 0 Å². The van der Waals surface area contributed by atoms with E-state index in [1.54, 1.807) is 0 Å². The summed E-state index contributed by atoms with van der Waals surface area (Å²) in [7, 11) is 1.40. The van der Waals surface area contributed by atoms with Gasteiger partial charge in [0.05, 0.1) is 13.7 Å². The molecule has 0 spiro atoms. The molecule has 13 heavy (non-hydrogen) atoms. The van der Waals surface area contributed by atoms with E-state index in [-0.39, 0.29) is 11.4 Å². The third-order valence-electron chi connectivity index (χ3n) is 3.01. The number of methoxy groups -OCH3 is 1. The highest BCUT2D eigenvalue weighted by Crippen LogP contribution is 2.55. The van der Waals surface area contributed by atoms with E-state index in [0.717, 1.165) is 19.3 Å². The van der Waals surface area contributed by atoms with Crippen molar-refractivity contribution >= 4 is 5.97 Å². The Morgan fingerprint density at radius 3 is 2.62 bits per heavy atom. The number of carbonyl (C=O) groups is 1. The van der Waals surface area contributed by atoms with Crippen LogP contribution in [0.4, 0.5) is 0 Å². The zero-order valence-electron chi connectivity index (χ0n) is 7.84. The molecule has 0 radical (unpaired) electrons. The third-order valence-corrected chi connectivity index (χ3v) is 3.01. The lowest BCUT2D eigenvalue weighted by Crippen LogP contribution is -2.29. The standard InChI is InChI=1S/C10H14O3/c1-3-9(4-5-9)6-10(7-13-10)8(11)12-2/h3H,1,4-7H2,2H3. The first-order valence-corrected chi connectivity index (χ1v) is 4.52. The molecular weight excluding hydrogens is 168 g/mol. The number of ether oxygens (including phenoxy) is 2. The fraction of sp³-hybridized carbons (Fsp3) is 0.700. The minimum Gasteiger partial charge on any atom is -0.467 e. The molecule has 72 valence electrons. The van der Waals surface area contributed by atoms with Crippen LogP contribution in [-0.4, -0.2) is 25.3 Å². The summed E-state index contributed by atoms with van der Waals surface area (Å²) in [4.78, 5) is 11.3. The molecule has 0 aromatic carbocycles. The van der Waals surface area contributed by atoms with Crippen LogP contribution in [0.5, 0.6) is 0 Å². The van der Waals surface area contributed by atoms with E-state index < -0.39 is 5.60 Å². The minimum absolute atomic E-state index is 0.157. The SMILES string of the molecule is C=CC1(CC2(C(=O)OC)CO2)CC1. The Morgan fingerprint density at radius 1 is 1.69 bits per heavy atom. The smallest absolute Gasteiger partial charge is 0.340 e. The molecule has 1 unspecified atom stereocenters. The van der Waals surface area contributed by atoms with Gasteiger partial charge in [-0.2, -0.15) is 0 Å². The average Bonchev–Trinajstić information content (AvgIpc) is 3.03. The van der Waals surface area contributed by atoms with Crippen molar-refractivity contribution in [2.75, 3.05) is 13.7 Å². The van der Waals surface area contributed by atoms with Gasteiger partial charge in [-0.05, 0) is 24.7 Å². The van der Waals surface area contributed by atoms with Crippen LogP contribution in [0.15, 0.2) is 12.7 Å². The Bertz CT molecular complexity index is 249. The molecule has 1 aliphatic carbocycles. The highest BCUT2D eigenvalue weighted by molar-refractivity contribution is 5.82. The number of esters is 1. The van der Waals surface area contributed by atoms with Gasteiger partial charge in [-0.1, -0.05) is 6.08 Å². The second-order valence-corrected chi connectivity index (χ2v) is 4.02. The molecule has 2 rings (SSSR count). The molecule has 1 saturated heterocycles. The molecule has 2 aliphatic rings. The lowest BCUT2D eigenvalue weighted by molar-refractivity contribution is -0.147. The molecule has 1 saturated carbocycles. The molecule has 0 amide bonds. The lowest BCUT2D eigenvalue weighted by atomic mass is 9.92. The summed E-state index contributed by atoms with van der Waals surface area (Å²) in [6, 6.07) is 0. The normalized spacial score (nSPS) is 33.6. The van der Waals surface area contributed by atoms with E-state index in [0.29, 0.717) is 6.61 Å². The summed E-state index contributed by atoms with van der Waals surface area (Å²) in [6.45, 7) is 4.29. The van der Waals surface area contributed by atoms with Gasteiger partial charge in [0.2, 0.25) is 0 Å². The maximum atomic E-state index is 11.3. The largest absolute Gasteiger partial charge is 0.467 e. The Hall–Kier alpha value is -0.830. The summed E-state index contributed by atoms with van der Waals surface area (Å²) in [5.74, 6) is -0.236. The van der Waals surface area contributed by atoms with Crippen molar-refractivity contribution in [3.63, 3.8) is 0 Å². The number of hydrogen-bond donors (Lipinski definition) is 0. The maximum Gasteiger partial charge on any atom is 0.340 e. The fourth-order valence-electron chi connectivity index (χ4n) is 1.75. The average molecular weight is 182 g/mol. The molecule has 1 aliphatic heterocycles. The van der Waals surface area contributed by atoms with E-state index in [9.17, 15) is 4.79 Å². The van der Waals surface area contributed by atoms with Crippen molar-refractivity contribution in [3.05, 3.63) is 12.7 Å². The molecule has 1 heterocycles. The first-order chi connectivity index (χ1) is 6.16. The maximum absolute atomic E-state index is 11.3. The highest BCUT2D eigenvalue weighted by atomic mass is 16.6. The van der Waals surface area contributed by atoms with Crippen molar-refractivity contribution in [3.8, 4) is 0 Å². The highest BCUT2D eigenvalue weighted by Gasteiger charge is 2.59. The Morgan fingerprint density at radius 2 is 2.31 bits per heavy atom. The van der Waals surface area contributed by atoms with Gasteiger partial charge in [0, 0.05) is 0 Å². The van der Waals surface area contributed by atoms with E-state index in [1.165, 1.54) is 7.11 Å². The molecular formula is C10H14O3. The summed E-state index contributed by atoms with van der Waals surface area (Å²) < 4.78 is 9.90. The van der Waals surface area contributed by atoms with Crippen LogP contribution in [0.25, 0.3) is 0 Å². The van der Waals surface area contributed by atoms with Crippen molar-refractivity contribution in [2.45, 2.75) is 24.9 Å². The topological polar surface area (TPSA) is 38.8 Å². The van der Waals surface area contributed by atoms with Crippen LogP contribution in [0.3, 0.4) is 0 Å². The van der Waals surface area contributed by atoms with Crippen molar-refractivity contribution in [1.82, 2.24) is 0 Å². The molecule has 0 bridgehead atoms. The molecule has 0 aromatic heterocycles. The molecule has 1 atom stereocenters. The van der Waals surface area contributed by atoms with Crippen LogP contribution in [0.1, 0.15) is 19.3 Å². The summed E-state index contributed by atoms with van der Waals surface area (Å²) in [5.41, 5.74) is -0.468. The molecule has 3 heteroatoms. The van der Waals surface area contributed by atoms with Crippen molar-refractivity contribution < 1.29 is 14.3 Å². The summed E-state index contributed by atoms with van der Waals surface area (Å²) in [5, 5.41) is 0. The van der Waals surface area contributed by atoms with Crippen molar-refractivity contribution in [1.29, 1.82) is 0 Å². The second kappa shape index (κ2) is 2.58. The summed E-state index contributed by atoms with van der Waals surface area (Å²) in [6.07, 6.45) is 4.94. The minimum atomic E-state index is -0.626. The van der Waals surface area contributed by atoms with Crippen LogP contribution in [0, 0.1) is 5.41 Å². The number of epoxide rings is 1. The van der Waals surface area contributed by atoms with Gasteiger partial charge in [0.15, 0.2) is 5.60 Å². The molecule has 3 nitrogen and oxygen atoms in total. The number of rotatable bonds is 4. The first kappa shape index (κ1) is 8.75. The predicted molar refractivity (Wildman–Crippen MR) is 47.2 cm³/mol. The van der Waals surface area contributed by atoms with Gasteiger partial charge in [0.25, 0.3) is 0 Å². The monoisotopic (exact) mass is 182 g/mol. The van der Waals surface area contributed by atoms with Gasteiger partial charge < -0.3 is 9.47 Å². The third kappa shape index (κ3) is 1.37. The lowest BCUT2D eigenvalue weighted by Gasteiger charge is -2.14. The van der Waals surface area contributed by atoms with Gasteiger partial charge in [0.1, 0.15) is 0 Å². The van der Waals surface area contributed by atoms with E-state index in [1.807, 2.05) is 6.08 Å². The van der Waals surface area contributed by atoms with Crippen LogP contribution in [0.2, 0.25) is 0 Å². The van der Waals surface area contributed by atoms with Gasteiger partial charge in [-0.25, -0.2) is 4.79 Å². The summed E-state index contributed by atoms with van der Waals surface area (Å²) >= 11 is 0. The molecule has 0 aromatic rings. The van der Waals surface area contributed by atoms with E-state index >= 15 is 0 Å². The second-order valence-electron chi connectivity index (χ2n) is 4.02. The fourth-order valence-corrected chi connectivity index (χ4v) is 1.75. The molecule has 2 fully saturated rings. The van der Waals surface area contributed by atoms with Gasteiger partial charge in [-0.15, -0.1) is 6.58 Å². The van der Waals surface area contributed by atoms with E-state index in [4.69, 9.17) is 9.47 Å². The van der Waals surface area contributed by atoms with Gasteiger partial charge in [-0.3, -0.25) is 0 Å². The quantitative estimate of drug-likeness (QED) is 0.373. The zero-order valence-corrected chi connectivity index (χ0v) is 7.84. The van der Waals surface area contributed by atoms with Crippen molar-refractivity contribution in [2.24, 2.45) is 5.41 Å². The number of carbonyl (C=O) groups excluding carboxylic acids is 1. The van der Waals surface area contributed by atoms with Crippen LogP contribution >= 0.6 is 0 Å². The molecule has 0 N–H and O–H groups in total. The number of allylic oxidation sites excluding steroid dienone is 1. The predicted octanol–water partition coefficient (Wildman–Crippen LogP) is 1.28.